The highest BCUT2D eigenvalue weighted by Crippen LogP contribution is 2.06. The maximum atomic E-state index is 12.9. The molecule has 1 heterocycles. The number of aromatic amines is 1. The van der Waals surface area contributed by atoms with Gasteiger partial charge in [-0.1, -0.05) is 20.3 Å². The number of carbonyl (C=O) groups excluding carboxylic acids is 3. The minimum atomic E-state index is -1.24. The molecule has 5 unspecified atom stereocenters. The molecule has 14 nitrogen and oxygen atoms in total. The second kappa shape index (κ2) is 14.6. The highest BCUT2D eigenvalue weighted by atomic mass is 16.4. The highest BCUT2D eigenvalue weighted by molar-refractivity contribution is 5.94. The predicted molar refractivity (Wildman–Crippen MR) is 129 cm³/mol. The van der Waals surface area contributed by atoms with Crippen LogP contribution in [0.2, 0.25) is 0 Å². The summed E-state index contributed by atoms with van der Waals surface area (Å²) in [5, 5.41) is 17.0. The van der Waals surface area contributed by atoms with Crippen LogP contribution < -0.4 is 33.2 Å². The second-order valence-electron chi connectivity index (χ2n) is 8.33. The van der Waals surface area contributed by atoms with Crippen molar-refractivity contribution >= 4 is 29.7 Å². The number of H-pyrrole nitrogens is 1. The van der Waals surface area contributed by atoms with Gasteiger partial charge in [0, 0.05) is 24.9 Å². The molecule has 1 aromatic heterocycles. The Kier molecular flexibility index (Phi) is 12.2. The number of carboxylic acids is 1. The Labute approximate surface area is 203 Å². The van der Waals surface area contributed by atoms with E-state index >= 15 is 0 Å². The van der Waals surface area contributed by atoms with Gasteiger partial charge in [0.25, 0.3) is 0 Å². The number of nitrogens with two attached hydrogens (primary N) is 3. The predicted octanol–water partition coefficient (Wildman–Crippen LogP) is -2.06. The van der Waals surface area contributed by atoms with Crippen molar-refractivity contribution in [2.45, 2.75) is 70.6 Å². The number of hydrogen-bond donors (Lipinski definition) is 8. The molecular weight excluding hydrogens is 458 g/mol. The lowest BCUT2D eigenvalue weighted by atomic mass is 9.99. The molecule has 0 aliphatic rings. The summed E-state index contributed by atoms with van der Waals surface area (Å²) in [5.74, 6) is -3.26. The summed E-state index contributed by atoms with van der Waals surface area (Å²) in [6.45, 7) is 5.39. The molecule has 0 saturated carbocycles. The van der Waals surface area contributed by atoms with E-state index in [1.165, 1.54) is 19.4 Å². The molecule has 5 atom stereocenters. The number of carboxylic acid groups (broad SMARTS) is 1. The van der Waals surface area contributed by atoms with Crippen molar-refractivity contribution in [1.29, 1.82) is 0 Å². The van der Waals surface area contributed by atoms with E-state index in [0.29, 0.717) is 18.5 Å². The Hall–Kier alpha value is -3.68. The van der Waals surface area contributed by atoms with Crippen LogP contribution in [0.5, 0.6) is 0 Å². The number of nitrogens with one attached hydrogen (secondary N) is 4. The number of carbonyl (C=O) groups is 4. The van der Waals surface area contributed by atoms with Gasteiger partial charge >= 0.3 is 5.97 Å². The summed E-state index contributed by atoms with van der Waals surface area (Å²) >= 11 is 0. The monoisotopic (exact) mass is 495 g/mol. The van der Waals surface area contributed by atoms with E-state index in [-0.39, 0.29) is 31.3 Å². The topological polar surface area (TPSA) is 244 Å². The zero-order valence-electron chi connectivity index (χ0n) is 20.3. The summed E-state index contributed by atoms with van der Waals surface area (Å²) in [6.07, 6.45) is 3.99. The third-order valence-electron chi connectivity index (χ3n) is 5.48. The van der Waals surface area contributed by atoms with Gasteiger partial charge in [0.1, 0.15) is 18.1 Å². The number of aromatic nitrogens is 2. The standard InChI is InChI=1S/C21H37N9O5/c1-4-11(2)16(22)19(33)28-12(3)17(31)30-15(8-13-9-25-10-27-13)18(32)29-14(20(34)35)6-5-7-26-21(23)24/h9-12,14-16H,4-8,22H2,1-3H3,(H,25,27)(H,28,33)(H,29,32)(H,30,31)(H,34,35)(H4,23,24,26). The molecular formula is C21H37N9O5. The average Bonchev–Trinajstić information content (AvgIpc) is 3.31. The van der Waals surface area contributed by atoms with Crippen LogP contribution in [-0.2, 0) is 25.6 Å². The zero-order chi connectivity index (χ0) is 26.5. The van der Waals surface area contributed by atoms with Crippen LogP contribution in [0, 0.1) is 5.92 Å². The van der Waals surface area contributed by atoms with E-state index in [9.17, 15) is 24.3 Å². The molecule has 11 N–H and O–H groups in total. The molecule has 0 bridgehead atoms. The van der Waals surface area contributed by atoms with Crippen LogP contribution in [0.4, 0.5) is 0 Å². The lowest BCUT2D eigenvalue weighted by Gasteiger charge is -2.24. The number of hydrogen-bond acceptors (Lipinski definition) is 7. The highest BCUT2D eigenvalue weighted by Gasteiger charge is 2.29. The van der Waals surface area contributed by atoms with E-state index in [1.54, 1.807) is 0 Å². The number of aliphatic carboxylic acids is 1. The largest absolute Gasteiger partial charge is 0.480 e. The Bertz CT molecular complexity index is 871. The summed E-state index contributed by atoms with van der Waals surface area (Å²) in [5.41, 5.74) is 17.0. The minimum Gasteiger partial charge on any atom is -0.480 e. The molecule has 0 aromatic carbocycles. The van der Waals surface area contributed by atoms with Gasteiger partial charge in [-0.15, -0.1) is 0 Å². The van der Waals surface area contributed by atoms with Crippen molar-refractivity contribution in [2.75, 3.05) is 6.54 Å². The number of aliphatic imine (C=N–C) groups is 1. The van der Waals surface area contributed by atoms with Crippen LogP contribution in [0.3, 0.4) is 0 Å². The molecule has 196 valence electrons. The minimum absolute atomic E-state index is 0.0188. The van der Waals surface area contributed by atoms with Crippen molar-refractivity contribution in [2.24, 2.45) is 28.1 Å². The Morgan fingerprint density at radius 3 is 2.29 bits per heavy atom. The molecule has 35 heavy (non-hydrogen) atoms. The number of rotatable bonds is 15. The summed E-state index contributed by atoms with van der Waals surface area (Å²) in [4.78, 5) is 60.2. The van der Waals surface area contributed by atoms with E-state index in [4.69, 9.17) is 17.2 Å². The molecule has 0 saturated heterocycles. The van der Waals surface area contributed by atoms with Crippen molar-refractivity contribution in [3.63, 3.8) is 0 Å². The van der Waals surface area contributed by atoms with Crippen LogP contribution in [0.25, 0.3) is 0 Å². The summed E-state index contributed by atoms with van der Waals surface area (Å²) in [6, 6.07) is -4.12. The fraction of sp³-hybridized carbons (Fsp3) is 0.619. The molecule has 0 spiro atoms. The maximum Gasteiger partial charge on any atom is 0.326 e. The van der Waals surface area contributed by atoms with Crippen LogP contribution in [-0.4, -0.2) is 75.4 Å². The number of nitrogens with zero attached hydrogens (tertiary/aromatic N) is 2. The van der Waals surface area contributed by atoms with Crippen LogP contribution in [0.15, 0.2) is 17.5 Å². The lowest BCUT2D eigenvalue weighted by molar-refractivity contribution is -0.142. The first-order valence-corrected chi connectivity index (χ1v) is 11.4. The van der Waals surface area contributed by atoms with E-state index in [2.05, 4.69) is 30.9 Å². The Balaban J connectivity index is 2.87. The Morgan fingerprint density at radius 2 is 1.74 bits per heavy atom. The summed E-state index contributed by atoms with van der Waals surface area (Å²) < 4.78 is 0. The van der Waals surface area contributed by atoms with Gasteiger partial charge in [-0.25, -0.2) is 9.78 Å². The molecule has 3 amide bonds. The van der Waals surface area contributed by atoms with Gasteiger partial charge in [0.15, 0.2) is 5.96 Å². The zero-order valence-corrected chi connectivity index (χ0v) is 20.3. The van der Waals surface area contributed by atoms with E-state index in [1.807, 2.05) is 13.8 Å². The van der Waals surface area contributed by atoms with E-state index < -0.39 is 47.9 Å². The van der Waals surface area contributed by atoms with Crippen molar-refractivity contribution in [3.05, 3.63) is 18.2 Å². The van der Waals surface area contributed by atoms with Gasteiger partial charge in [0.2, 0.25) is 17.7 Å². The molecule has 1 aromatic rings. The SMILES string of the molecule is CCC(C)C(N)C(=O)NC(C)C(=O)NC(Cc1cnc[nH]1)C(=O)NC(CCCN=C(N)N)C(=O)O. The molecule has 0 fully saturated rings. The molecule has 0 radical (unpaired) electrons. The first kappa shape index (κ1) is 29.4. The third-order valence-corrected chi connectivity index (χ3v) is 5.48. The average molecular weight is 496 g/mol. The molecule has 14 heteroatoms. The number of amides is 3. The number of guanidine groups is 1. The van der Waals surface area contributed by atoms with Crippen LogP contribution in [0.1, 0.15) is 45.7 Å². The Morgan fingerprint density at radius 1 is 1.09 bits per heavy atom. The second-order valence-corrected chi connectivity index (χ2v) is 8.33. The van der Waals surface area contributed by atoms with Gasteiger partial charge in [-0.2, -0.15) is 0 Å². The van der Waals surface area contributed by atoms with Gasteiger partial charge in [-0.3, -0.25) is 19.4 Å². The first-order chi connectivity index (χ1) is 16.5. The molecule has 1 rings (SSSR count). The van der Waals surface area contributed by atoms with Crippen LogP contribution >= 0.6 is 0 Å². The smallest absolute Gasteiger partial charge is 0.326 e. The van der Waals surface area contributed by atoms with Crippen molar-refractivity contribution in [1.82, 2.24) is 25.9 Å². The number of imidazole rings is 1. The fourth-order valence-electron chi connectivity index (χ4n) is 3.04. The van der Waals surface area contributed by atoms with Gasteiger partial charge in [0.05, 0.1) is 12.4 Å². The van der Waals surface area contributed by atoms with Crippen molar-refractivity contribution < 1.29 is 24.3 Å². The summed E-state index contributed by atoms with van der Waals surface area (Å²) in [7, 11) is 0. The third kappa shape index (κ3) is 10.4. The maximum absolute atomic E-state index is 12.9. The first-order valence-electron chi connectivity index (χ1n) is 11.4. The fourth-order valence-corrected chi connectivity index (χ4v) is 3.04. The van der Waals surface area contributed by atoms with Gasteiger partial charge < -0.3 is 43.2 Å². The quantitative estimate of drug-likeness (QED) is 0.0756. The lowest BCUT2D eigenvalue weighted by Crippen LogP contribution is -2.57. The molecule has 0 aliphatic carbocycles. The van der Waals surface area contributed by atoms with Crippen molar-refractivity contribution in [3.8, 4) is 0 Å². The molecule has 0 aliphatic heterocycles. The normalized spacial score (nSPS) is 15.1. The van der Waals surface area contributed by atoms with E-state index in [0.717, 1.165) is 0 Å². The van der Waals surface area contributed by atoms with Gasteiger partial charge in [-0.05, 0) is 25.7 Å².